The van der Waals surface area contributed by atoms with Gasteiger partial charge in [-0.05, 0) is 42.3 Å². The molecule has 0 saturated carbocycles. The zero-order valence-electron chi connectivity index (χ0n) is 9.40. The van der Waals surface area contributed by atoms with E-state index in [1.54, 1.807) is 18.2 Å². The van der Waals surface area contributed by atoms with Crippen LogP contribution < -0.4 is 0 Å². The number of hydrogen-bond donors (Lipinski definition) is 0. The van der Waals surface area contributed by atoms with Crippen LogP contribution in [0.5, 0.6) is 0 Å². The molecule has 88 valence electrons. The molecule has 0 spiro atoms. The third-order valence-corrected chi connectivity index (χ3v) is 2.33. The Labute approximate surface area is 104 Å². The first-order valence-corrected chi connectivity index (χ1v) is 5.26. The summed E-state index contributed by atoms with van der Waals surface area (Å²) in [5.41, 5.74) is 0.914. The van der Waals surface area contributed by atoms with Gasteiger partial charge in [-0.3, -0.25) is 0 Å². The molecule has 2 rings (SSSR count). The van der Waals surface area contributed by atoms with E-state index in [0.717, 1.165) is 0 Å². The van der Waals surface area contributed by atoms with E-state index in [0.29, 0.717) is 5.69 Å². The smallest absolute Gasteiger partial charge is 0.133 e. The van der Waals surface area contributed by atoms with Crippen LogP contribution in [0.3, 0.4) is 0 Å². The molecular weight excluding hydrogens is 232 g/mol. The zero-order chi connectivity index (χ0) is 13.0. The number of hydrogen-bond acceptors (Lipinski definition) is 1. The molecule has 0 aliphatic carbocycles. The van der Waals surface area contributed by atoms with Crippen molar-refractivity contribution in [3.8, 4) is 12.3 Å². The summed E-state index contributed by atoms with van der Waals surface area (Å²) >= 11 is 0. The summed E-state index contributed by atoms with van der Waals surface area (Å²) in [6.07, 6.45) is 5.33. The molecule has 3 heteroatoms. The quantitative estimate of drug-likeness (QED) is 0.561. The molecule has 0 fully saturated rings. The van der Waals surface area contributed by atoms with Crippen molar-refractivity contribution in [2.45, 2.75) is 0 Å². The standard InChI is InChI=1S/C15H9F2N/c1-2-15(13-5-3-4-6-14(13)17)18-12-9-7-11(16)8-10-12/h1,3-10H. The lowest BCUT2D eigenvalue weighted by Crippen LogP contribution is -2.00. The first kappa shape index (κ1) is 12.0. The third kappa shape index (κ3) is 2.61. The maximum Gasteiger partial charge on any atom is 0.133 e. The van der Waals surface area contributed by atoms with E-state index >= 15 is 0 Å². The van der Waals surface area contributed by atoms with Gasteiger partial charge in [0.15, 0.2) is 0 Å². The van der Waals surface area contributed by atoms with Crippen molar-refractivity contribution < 1.29 is 8.78 Å². The number of benzene rings is 2. The predicted molar refractivity (Wildman–Crippen MR) is 67.8 cm³/mol. The van der Waals surface area contributed by atoms with Crippen LogP contribution in [-0.4, -0.2) is 5.71 Å². The van der Waals surface area contributed by atoms with E-state index in [1.807, 2.05) is 0 Å². The number of halogens is 2. The molecule has 0 amide bonds. The number of aliphatic imine (C=N–C) groups is 1. The fourth-order valence-electron chi connectivity index (χ4n) is 1.47. The van der Waals surface area contributed by atoms with Crippen molar-refractivity contribution in [2.75, 3.05) is 0 Å². The van der Waals surface area contributed by atoms with Crippen LogP contribution in [0.15, 0.2) is 53.5 Å². The van der Waals surface area contributed by atoms with Gasteiger partial charge in [0.2, 0.25) is 0 Å². The Bertz CT molecular complexity index is 622. The van der Waals surface area contributed by atoms with Crippen LogP contribution in [-0.2, 0) is 0 Å². The van der Waals surface area contributed by atoms with Crippen molar-refractivity contribution in [3.63, 3.8) is 0 Å². The summed E-state index contributed by atoms with van der Waals surface area (Å²) in [6, 6.07) is 11.6. The second-order valence-electron chi connectivity index (χ2n) is 3.56. The molecule has 0 heterocycles. The van der Waals surface area contributed by atoms with Crippen molar-refractivity contribution in [1.29, 1.82) is 0 Å². The highest BCUT2D eigenvalue weighted by molar-refractivity contribution is 6.13. The lowest BCUT2D eigenvalue weighted by Gasteiger charge is -2.01. The van der Waals surface area contributed by atoms with Crippen LogP contribution in [0.4, 0.5) is 14.5 Å². The number of terminal acetylenes is 1. The second kappa shape index (κ2) is 5.24. The van der Waals surface area contributed by atoms with E-state index in [2.05, 4.69) is 10.9 Å². The van der Waals surface area contributed by atoms with Crippen LogP contribution in [0, 0.1) is 24.0 Å². The van der Waals surface area contributed by atoms with Gasteiger partial charge in [0, 0.05) is 5.56 Å². The van der Waals surface area contributed by atoms with Gasteiger partial charge >= 0.3 is 0 Å². The van der Waals surface area contributed by atoms with Gasteiger partial charge in [-0.25, -0.2) is 13.8 Å². The molecule has 2 aromatic carbocycles. The van der Waals surface area contributed by atoms with Gasteiger partial charge in [0.25, 0.3) is 0 Å². The highest BCUT2D eigenvalue weighted by Gasteiger charge is 2.06. The molecule has 0 radical (unpaired) electrons. The molecule has 0 atom stereocenters. The molecule has 2 aromatic rings. The second-order valence-corrected chi connectivity index (χ2v) is 3.56. The summed E-state index contributed by atoms with van der Waals surface area (Å²) in [5, 5.41) is 0. The van der Waals surface area contributed by atoms with Crippen molar-refractivity contribution >= 4 is 11.4 Å². The summed E-state index contributed by atoms with van der Waals surface area (Å²) in [5.74, 6) is 1.55. The molecule has 0 aromatic heterocycles. The van der Waals surface area contributed by atoms with E-state index in [-0.39, 0.29) is 17.1 Å². The Hall–Kier alpha value is -2.47. The summed E-state index contributed by atoms with van der Waals surface area (Å²) in [4.78, 5) is 4.12. The maximum absolute atomic E-state index is 13.6. The Kier molecular flexibility index (Phi) is 3.49. The van der Waals surface area contributed by atoms with Crippen molar-refractivity contribution in [2.24, 2.45) is 4.99 Å². The minimum atomic E-state index is -0.434. The van der Waals surface area contributed by atoms with Crippen LogP contribution in [0.1, 0.15) is 5.56 Å². The van der Waals surface area contributed by atoms with Crippen molar-refractivity contribution in [1.82, 2.24) is 0 Å². The lowest BCUT2D eigenvalue weighted by molar-refractivity contribution is 0.625. The van der Waals surface area contributed by atoms with Crippen molar-refractivity contribution in [3.05, 3.63) is 65.7 Å². The monoisotopic (exact) mass is 241 g/mol. The molecule has 0 aliphatic heterocycles. The topological polar surface area (TPSA) is 12.4 Å². The molecule has 0 N–H and O–H groups in total. The Morgan fingerprint density at radius 3 is 2.28 bits per heavy atom. The summed E-state index contributed by atoms with van der Waals surface area (Å²) < 4.78 is 26.3. The van der Waals surface area contributed by atoms with Gasteiger partial charge in [0.05, 0.1) is 5.69 Å². The van der Waals surface area contributed by atoms with E-state index in [1.165, 1.54) is 30.3 Å². The molecule has 1 nitrogen and oxygen atoms in total. The van der Waals surface area contributed by atoms with Crippen LogP contribution in [0.25, 0.3) is 0 Å². The van der Waals surface area contributed by atoms with Gasteiger partial charge < -0.3 is 0 Å². The Morgan fingerprint density at radius 2 is 1.67 bits per heavy atom. The average Bonchev–Trinajstić information content (AvgIpc) is 2.39. The average molecular weight is 241 g/mol. The van der Waals surface area contributed by atoms with E-state index < -0.39 is 5.82 Å². The fourth-order valence-corrected chi connectivity index (χ4v) is 1.47. The maximum atomic E-state index is 13.6. The molecular formula is C15H9F2N. The largest absolute Gasteiger partial charge is 0.239 e. The first-order valence-electron chi connectivity index (χ1n) is 5.26. The fraction of sp³-hybridized carbons (Fsp3) is 0. The molecule has 0 saturated heterocycles. The molecule has 0 unspecified atom stereocenters. The minimum absolute atomic E-state index is 0.180. The Balaban J connectivity index is 2.44. The number of rotatable bonds is 2. The molecule has 0 aliphatic rings. The minimum Gasteiger partial charge on any atom is -0.239 e. The lowest BCUT2D eigenvalue weighted by atomic mass is 10.1. The summed E-state index contributed by atoms with van der Waals surface area (Å²) in [6.45, 7) is 0. The number of nitrogens with zero attached hydrogens (tertiary/aromatic N) is 1. The third-order valence-electron chi connectivity index (χ3n) is 2.33. The molecule has 18 heavy (non-hydrogen) atoms. The zero-order valence-corrected chi connectivity index (χ0v) is 9.40. The Morgan fingerprint density at radius 1 is 1.00 bits per heavy atom. The van der Waals surface area contributed by atoms with Crippen LogP contribution in [0.2, 0.25) is 0 Å². The van der Waals surface area contributed by atoms with Gasteiger partial charge in [-0.15, -0.1) is 6.42 Å². The first-order chi connectivity index (χ1) is 8.70. The highest BCUT2D eigenvalue weighted by atomic mass is 19.1. The summed E-state index contributed by atoms with van der Waals surface area (Å²) in [7, 11) is 0. The highest BCUT2D eigenvalue weighted by Crippen LogP contribution is 2.16. The van der Waals surface area contributed by atoms with E-state index in [9.17, 15) is 8.78 Å². The predicted octanol–water partition coefficient (Wildman–Crippen LogP) is 3.72. The van der Waals surface area contributed by atoms with E-state index in [4.69, 9.17) is 6.42 Å². The normalized spacial score (nSPS) is 11.1. The SMILES string of the molecule is C#CC(=Nc1ccc(F)cc1)c1ccccc1F. The van der Waals surface area contributed by atoms with Gasteiger partial charge in [0.1, 0.15) is 17.3 Å². The van der Waals surface area contributed by atoms with Crippen LogP contribution >= 0.6 is 0 Å². The molecule has 0 bridgehead atoms. The van der Waals surface area contributed by atoms with Gasteiger partial charge in [-0.2, -0.15) is 0 Å². The van der Waals surface area contributed by atoms with Gasteiger partial charge in [-0.1, -0.05) is 12.1 Å².